The van der Waals surface area contributed by atoms with Crippen molar-refractivity contribution in [3.63, 3.8) is 0 Å². The van der Waals surface area contributed by atoms with Crippen molar-refractivity contribution in [2.75, 3.05) is 19.0 Å². The molecule has 0 radical (unpaired) electrons. The van der Waals surface area contributed by atoms with Crippen molar-refractivity contribution >= 4 is 38.9 Å². The van der Waals surface area contributed by atoms with E-state index < -0.39 is 16.8 Å². The van der Waals surface area contributed by atoms with Gasteiger partial charge in [0, 0.05) is 23.2 Å². The average Bonchev–Trinajstić information content (AvgIpc) is 3.27. The Kier molecular flexibility index (Phi) is 3.82. The number of nitrogens with one attached hydrogen (secondary N) is 1. The molecule has 5 rings (SSSR count). The third-order valence-corrected chi connectivity index (χ3v) is 6.21. The van der Waals surface area contributed by atoms with Gasteiger partial charge >= 0.3 is 11.7 Å². The van der Waals surface area contributed by atoms with E-state index in [0.29, 0.717) is 11.3 Å². The van der Waals surface area contributed by atoms with Gasteiger partial charge in [-0.05, 0) is 30.7 Å². The van der Waals surface area contributed by atoms with Gasteiger partial charge < -0.3 is 14.8 Å². The number of nitro benzene ring substituents is 1. The van der Waals surface area contributed by atoms with Crippen LogP contribution in [-0.2, 0) is 9.53 Å². The van der Waals surface area contributed by atoms with Crippen molar-refractivity contribution in [2.45, 2.75) is 12.8 Å². The van der Waals surface area contributed by atoms with Gasteiger partial charge in [0.2, 0.25) is 0 Å². The maximum absolute atomic E-state index is 12.6. The molecule has 29 heavy (non-hydrogen) atoms. The monoisotopic (exact) mass is 409 g/mol. The summed E-state index contributed by atoms with van der Waals surface area (Å²) in [4.78, 5) is 28.0. The molecule has 0 spiro atoms. The van der Waals surface area contributed by atoms with Crippen LogP contribution in [0.25, 0.3) is 10.2 Å². The number of aromatic nitrogens is 1. The number of nitrogens with zero attached hydrogens (tertiary/aromatic N) is 2. The highest BCUT2D eigenvalue weighted by Crippen LogP contribution is 2.49. The number of ether oxygens (including phenoxy) is 2. The van der Waals surface area contributed by atoms with Crippen LogP contribution in [0.1, 0.15) is 22.1 Å². The third-order valence-electron chi connectivity index (χ3n) is 5.19. The van der Waals surface area contributed by atoms with Crippen LogP contribution in [0.15, 0.2) is 41.6 Å². The number of methoxy groups -OCH3 is 1. The lowest BCUT2D eigenvalue weighted by Crippen LogP contribution is -2.20. The highest BCUT2D eigenvalue weighted by molar-refractivity contribution is 7.18. The van der Waals surface area contributed by atoms with E-state index in [-0.39, 0.29) is 18.0 Å². The molecule has 1 unspecified atom stereocenters. The zero-order chi connectivity index (χ0) is 20.3. The first-order valence-corrected chi connectivity index (χ1v) is 9.69. The van der Waals surface area contributed by atoms with Crippen LogP contribution in [0.5, 0.6) is 5.75 Å². The summed E-state index contributed by atoms with van der Waals surface area (Å²) in [7, 11) is 1.39. The van der Waals surface area contributed by atoms with Gasteiger partial charge in [0.25, 0.3) is 0 Å². The first kappa shape index (κ1) is 17.6. The number of cyclic esters (lactones) is 1. The van der Waals surface area contributed by atoms with Crippen molar-refractivity contribution in [2.24, 2.45) is 0 Å². The van der Waals surface area contributed by atoms with Crippen LogP contribution < -0.4 is 10.1 Å². The minimum Gasteiger partial charge on any atom is -0.490 e. The lowest BCUT2D eigenvalue weighted by molar-refractivity contribution is -0.385. The minimum absolute atomic E-state index is 0.125. The zero-order valence-corrected chi connectivity index (χ0v) is 16.3. The predicted octanol–water partition coefficient (Wildman–Crippen LogP) is 3.89. The van der Waals surface area contributed by atoms with Gasteiger partial charge in [-0.2, -0.15) is 0 Å². The van der Waals surface area contributed by atoms with Gasteiger partial charge in [-0.3, -0.25) is 10.1 Å². The second kappa shape index (κ2) is 6.28. The number of thiazole rings is 1. The smallest absolute Gasteiger partial charge is 0.337 e. The van der Waals surface area contributed by atoms with Crippen LogP contribution >= 0.6 is 11.3 Å². The summed E-state index contributed by atoms with van der Waals surface area (Å²) >= 11 is 1.55. The molecule has 3 heterocycles. The average molecular weight is 409 g/mol. The number of carbonyl (C=O) groups excluding carboxylic acids is 1. The highest BCUT2D eigenvalue weighted by Gasteiger charge is 2.40. The fraction of sp³-hybridized carbons (Fsp3) is 0.200. The Morgan fingerprint density at radius 2 is 2.17 bits per heavy atom. The lowest BCUT2D eigenvalue weighted by atomic mass is 9.81. The van der Waals surface area contributed by atoms with Crippen LogP contribution in [0.4, 0.5) is 11.4 Å². The largest absolute Gasteiger partial charge is 0.490 e. The Morgan fingerprint density at radius 3 is 2.93 bits per heavy atom. The van der Waals surface area contributed by atoms with E-state index in [1.54, 1.807) is 23.5 Å². The summed E-state index contributed by atoms with van der Waals surface area (Å²) in [6.45, 7) is 2.11. The molecular formula is C20H15N3O5S. The molecule has 3 aromatic rings. The predicted molar refractivity (Wildman–Crippen MR) is 107 cm³/mol. The molecule has 0 aliphatic carbocycles. The van der Waals surface area contributed by atoms with Crippen molar-refractivity contribution in [3.05, 3.63) is 67.9 Å². The summed E-state index contributed by atoms with van der Waals surface area (Å²) < 4.78 is 11.5. The van der Waals surface area contributed by atoms with Crippen molar-refractivity contribution < 1.29 is 19.2 Å². The van der Waals surface area contributed by atoms with Crippen molar-refractivity contribution in [1.82, 2.24) is 4.98 Å². The number of hydrogen-bond acceptors (Lipinski definition) is 8. The summed E-state index contributed by atoms with van der Waals surface area (Å²) in [5.41, 5.74) is 4.47. The number of rotatable bonds is 3. The second-order valence-electron chi connectivity index (χ2n) is 6.82. The Balaban J connectivity index is 1.80. The molecule has 0 saturated heterocycles. The van der Waals surface area contributed by atoms with E-state index in [2.05, 4.69) is 10.3 Å². The van der Waals surface area contributed by atoms with E-state index >= 15 is 0 Å². The molecule has 0 bridgehead atoms. The van der Waals surface area contributed by atoms with E-state index in [1.165, 1.54) is 13.2 Å². The standard InChI is InChI=1S/C20H15N3O5S/c1-9-21-12-5-4-11-17(19(12)29-9)16(18-13(22-11)8-28-20(18)24)10-3-6-14(23(25)26)15(7-10)27-2/h3-7,16,22H,8H2,1-2H3. The van der Waals surface area contributed by atoms with Crippen molar-refractivity contribution in [1.29, 1.82) is 0 Å². The number of fused-ring (bicyclic) bond motifs is 3. The van der Waals surface area contributed by atoms with E-state index in [4.69, 9.17) is 9.47 Å². The Hall–Kier alpha value is -3.46. The Morgan fingerprint density at radius 1 is 1.34 bits per heavy atom. The second-order valence-corrected chi connectivity index (χ2v) is 8.03. The van der Waals surface area contributed by atoms with Gasteiger partial charge in [-0.25, -0.2) is 9.78 Å². The topological polar surface area (TPSA) is 104 Å². The Labute approximate surface area is 168 Å². The normalized spacial score (nSPS) is 17.6. The molecule has 0 saturated carbocycles. The van der Waals surface area contributed by atoms with Crippen LogP contribution in [-0.4, -0.2) is 29.6 Å². The zero-order valence-electron chi connectivity index (χ0n) is 15.5. The lowest BCUT2D eigenvalue weighted by Gasteiger charge is -2.27. The van der Waals surface area contributed by atoms with Gasteiger partial charge in [0.05, 0.1) is 38.5 Å². The molecule has 9 heteroatoms. The maximum atomic E-state index is 12.6. The molecule has 146 valence electrons. The minimum atomic E-state index is -0.488. The fourth-order valence-corrected chi connectivity index (χ4v) is 4.99. The highest BCUT2D eigenvalue weighted by atomic mass is 32.1. The summed E-state index contributed by atoms with van der Waals surface area (Å²) in [6, 6.07) is 8.60. The van der Waals surface area contributed by atoms with E-state index in [1.807, 2.05) is 19.1 Å². The van der Waals surface area contributed by atoms with E-state index in [0.717, 1.165) is 32.0 Å². The molecular weight excluding hydrogens is 394 g/mol. The van der Waals surface area contributed by atoms with Gasteiger partial charge in [0.1, 0.15) is 6.61 Å². The summed E-state index contributed by atoms with van der Waals surface area (Å²) in [5, 5.41) is 15.5. The third kappa shape index (κ3) is 2.58. The molecule has 1 aromatic heterocycles. The number of anilines is 1. The summed E-state index contributed by atoms with van der Waals surface area (Å²) in [5.74, 6) is -0.679. The summed E-state index contributed by atoms with van der Waals surface area (Å²) in [6.07, 6.45) is 0. The number of hydrogen-bond donors (Lipinski definition) is 1. The van der Waals surface area contributed by atoms with Gasteiger partial charge in [0.15, 0.2) is 5.75 Å². The molecule has 0 amide bonds. The molecule has 2 aromatic carbocycles. The maximum Gasteiger partial charge on any atom is 0.337 e. The van der Waals surface area contributed by atoms with Crippen molar-refractivity contribution in [3.8, 4) is 5.75 Å². The quantitative estimate of drug-likeness (QED) is 0.398. The Bertz CT molecular complexity index is 1250. The first-order valence-electron chi connectivity index (χ1n) is 8.87. The van der Waals surface area contributed by atoms with Gasteiger partial charge in [-0.15, -0.1) is 11.3 Å². The SMILES string of the molecule is COc1cc(C2C3=C(COC3=O)Nc3ccc4nc(C)sc4c32)ccc1[N+](=O)[O-]. The molecule has 1 N–H and O–H groups in total. The molecule has 8 nitrogen and oxygen atoms in total. The number of nitro groups is 1. The van der Waals surface area contributed by atoms with E-state index in [9.17, 15) is 14.9 Å². The van der Waals surface area contributed by atoms with Crippen LogP contribution in [0.3, 0.4) is 0 Å². The fourth-order valence-electron chi connectivity index (χ4n) is 4.00. The molecule has 2 aliphatic heterocycles. The molecule has 2 aliphatic rings. The number of aryl methyl sites for hydroxylation is 1. The number of esters is 1. The number of benzene rings is 2. The van der Waals surface area contributed by atoms with Crippen LogP contribution in [0.2, 0.25) is 0 Å². The first-order chi connectivity index (χ1) is 14.0. The van der Waals surface area contributed by atoms with Crippen LogP contribution in [0, 0.1) is 17.0 Å². The number of carbonyl (C=O) groups is 1. The molecule has 1 atom stereocenters. The van der Waals surface area contributed by atoms with Gasteiger partial charge in [-0.1, -0.05) is 6.07 Å². The molecule has 0 fully saturated rings.